The zero-order valence-corrected chi connectivity index (χ0v) is 53.7. The van der Waals surface area contributed by atoms with E-state index in [1.54, 1.807) is 11.1 Å². The van der Waals surface area contributed by atoms with Crippen molar-refractivity contribution in [1.82, 2.24) is 4.57 Å². The number of unbranched alkanes of at least 4 members (excludes halogenated alkanes) is 1. The van der Waals surface area contributed by atoms with Gasteiger partial charge < -0.3 is 14.2 Å². The Kier molecular flexibility index (Phi) is 16.4. The van der Waals surface area contributed by atoms with Crippen molar-refractivity contribution in [2.75, 3.05) is 11.5 Å². The van der Waals surface area contributed by atoms with Crippen LogP contribution in [0.3, 0.4) is 0 Å². The van der Waals surface area contributed by atoms with E-state index in [9.17, 15) is 0 Å². The second kappa shape index (κ2) is 25.0. The third kappa shape index (κ3) is 11.2. The average molecular weight is 1180 g/mol. The number of benzene rings is 6. The van der Waals surface area contributed by atoms with Crippen LogP contribution in [0.1, 0.15) is 151 Å². The van der Waals surface area contributed by atoms with Gasteiger partial charge in [0.05, 0.1) is 12.1 Å². The van der Waals surface area contributed by atoms with E-state index in [0.717, 1.165) is 75.5 Å². The molecule has 6 atom stereocenters. The van der Waals surface area contributed by atoms with Crippen molar-refractivity contribution >= 4 is 40.4 Å². The Morgan fingerprint density at radius 2 is 1.49 bits per heavy atom. The molecule has 7 aliphatic carbocycles. The lowest BCUT2D eigenvalue weighted by Crippen LogP contribution is -2.32. The summed E-state index contributed by atoms with van der Waals surface area (Å²) >= 11 is 0. The number of hydrogen-bond acceptors (Lipinski definition) is 2. The molecule has 0 fully saturated rings. The number of rotatable bonds is 17. The van der Waals surface area contributed by atoms with Crippen LogP contribution in [0.15, 0.2) is 265 Å². The average Bonchev–Trinajstić information content (AvgIpc) is 1.56. The van der Waals surface area contributed by atoms with Crippen LogP contribution in [0.25, 0.3) is 51.5 Å². The fourth-order valence-electron chi connectivity index (χ4n) is 16.2. The van der Waals surface area contributed by atoms with E-state index in [1.807, 2.05) is 6.08 Å². The second-order valence-electron chi connectivity index (χ2n) is 27.6. The molecule has 0 saturated carbocycles. The Bertz CT molecular complexity index is 4360. The van der Waals surface area contributed by atoms with Gasteiger partial charge in [0.2, 0.25) is 0 Å². The highest BCUT2D eigenvalue weighted by molar-refractivity contribution is 5.89. The maximum atomic E-state index is 6.74. The lowest BCUT2D eigenvalue weighted by molar-refractivity contribution is 0.206. The summed E-state index contributed by atoms with van der Waals surface area (Å²) in [6, 6.07) is 55.3. The van der Waals surface area contributed by atoms with Crippen molar-refractivity contribution in [3.05, 3.63) is 309 Å². The predicted molar refractivity (Wildman–Crippen MR) is 381 cm³/mol. The second-order valence-corrected chi connectivity index (χ2v) is 27.6. The molecule has 0 radical (unpaired) electrons. The van der Waals surface area contributed by atoms with Gasteiger partial charge in [0.15, 0.2) is 0 Å². The van der Waals surface area contributed by atoms with Gasteiger partial charge in [-0.1, -0.05) is 228 Å². The van der Waals surface area contributed by atoms with Crippen LogP contribution >= 0.6 is 0 Å². The quantitative estimate of drug-likeness (QED) is 0.0668. The summed E-state index contributed by atoms with van der Waals surface area (Å²) in [5.41, 5.74) is 24.3. The van der Waals surface area contributed by atoms with Crippen molar-refractivity contribution in [2.45, 2.75) is 123 Å². The standard InChI is InChI=1S/C87H88N2O/c1-8-61-26-30-65(31-27-61)68-40-50-83-79(56-68)80-57-69(41-51-84(80)89(83)72-22-14-11-15-23-72)66-38-46-74(47-39-66)88(73-44-36-64(37-45-73)63-34-42-70(43-35-63)86(5,6)7)75-48-49-77-76-24-16-17-25-81(76)87(82(77)58-75,71-20-12-10-13-21-71)52-18-19-53-90-85-55-59(3)78(54-60(85)4)67-32-28-62(9-2)29-33-67/h8-17,20-26,28-34,38,41-42,44,46,48-51,54-59,61,64,68,78H,1-2,18-19,27,35-37,39-40,43,45,47,52-53H2,3-7H3. The molecule has 0 spiro atoms. The number of fused-ring (bicyclic) bond motifs is 6. The summed E-state index contributed by atoms with van der Waals surface area (Å²) in [4.78, 5) is 2.70. The molecular formula is C87H88N2O. The minimum atomic E-state index is -0.338. The third-order valence-electron chi connectivity index (χ3n) is 21.2. The number of ether oxygens (including phenoxy) is 1. The number of para-hydroxylation sites is 1. The predicted octanol–water partition coefficient (Wildman–Crippen LogP) is 21.3. The first-order valence-electron chi connectivity index (χ1n) is 33.7. The summed E-state index contributed by atoms with van der Waals surface area (Å²) in [6.07, 6.45) is 45.9. The topological polar surface area (TPSA) is 17.4 Å². The van der Waals surface area contributed by atoms with Crippen molar-refractivity contribution in [3.8, 4) is 16.8 Å². The molecule has 6 unspecified atom stereocenters. The SMILES string of the molecule is C=Cc1ccc(C2C=C(C)C(OCCCCC3(c4ccccc4)c4ccccc4-c4ccc(N(C5=CC=C(c6ccc7c(c6)c6c(n7-c7ccccc7)=CCC(C7=CCC(C=C)C=C7)C=6)CC5)C5=CCC(C6=CC=C(C(C)(C)C)CC6)CC5)cc43)=CC2C)cc1. The van der Waals surface area contributed by atoms with E-state index in [-0.39, 0.29) is 10.8 Å². The Balaban J connectivity index is 0.807. The van der Waals surface area contributed by atoms with Crippen LogP contribution in [0.4, 0.5) is 5.69 Å². The molecule has 0 bridgehead atoms. The number of nitrogens with zero attached hydrogens (tertiary/aromatic N) is 2. The van der Waals surface area contributed by atoms with E-state index < -0.39 is 0 Å². The molecule has 0 aliphatic heterocycles. The van der Waals surface area contributed by atoms with Crippen LogP contribution in [-0.4, -0.2) is 11.2 Å². The van der Waals surface area contributed by atoms with E-state index in [4.69, 9.17) is 4.74 Å². The summed E-state index contributed by atoms with van der Waals surface area (Å²) in [7, 11) is 0. The molecule has 1 heterocycles. The molecule has 452 valence electrons. The van der Waals surface area contributed by atoms with Crippen molar-refractivity contribution < 1.29 is 4.74 Å². The largest absolute Gasteiger partial charge is 0.494 e. The van der Waals surface area contributed by atoms with E-state index in [1.165, 1.54) is 113 Å². The van der Waals surface area contributed by atoms with Crippen LogP contribution in [0, 0.1) is 29.1 Å². The first-order chi connectivity index (χ1) is 43.9. The number of hydrogen-bond donors (Lipinski definition) is 0. The summed E-state index contributed by atoms with van der Waals surface area (Å²) in [5, 5.41) is 3.98. The minimum absolute atomic E-state index is 0.212. The van der Waals surface area contributed by atoms with Crippen molar-refractivity contribution in [1.29, 1.82) is 0 Å². The Hall–Kier alpha value is -8.66. The Morgan fingerprint density at radius 3 is 2.21 bits per heavy atom. The van der Waals surface area contributed by atoms with Gasteiger partial charge in [0.25, 0.3) is 0 Å². The van der Waals surface area contributed by atoms with Gasteiger partial charge in [-0.25, -0.2) is 0 Å². The van der Waals surface area contributed by atoms with E-state index in [0.29, 0.717) is 36.2 Å². The fraction of sp³-hybridized carbons (Fsp3) is 0.287. The highest BCUT2D eigenvalue weighted by atomic mass is 16.5. The summed E-state index contributed by atoms with van der Waals surface area (Å²) < 4.78 is 9.23. The summed E-state index contributed by atoms with van der Waals surface area (Å²) in [6.45, 7) is 20.3. The van der Waals surface area contributed by atoms with Gasteiger partial charge in [-0.05, 0) is 217 Å². The fourth-order valence-corrected chi connectivity index (χ4v) is 16.2. The third-order valence-corrected chi connectivity index (χ3v) is 21.2. The van der Waals surface area contributed by atoms with Gasteiger partial charge in [-0.2, -0.15) is 0 Å². The number of aromatic nitrogens is 1. The van der Waals surface area contributed by atoms with Crippen LogP contribution in [0.2, 0.25) is 0 Å². The monoisotopic (exact) mass is 1180 g/mol. The molecule has 3 nitrogen and oxygen atoms in total. The highest BCUT2D eigenvalue weighted by Gasteiger charge is 2.45. The molecule has 7 aliphatic rings. The minimum Gasteiger partial charge on any atom is -0.494 e. The molecule has 0 saturated heterocycles. The van der Waals surface area contributed by atoms with Crippen LogP contribution in [-0.2, 0) is 10.2 Å². The van der Waals surface area contributed by atoms with Gasteiger partial charge >= 0.3 is 0 Å². The van der Waals surface area contributed by atoms with Gasteiger partial charge in [-0.3, -0.25) is 0 Å². The molecule has 7 aromatic rings. The van der Waals surface area contributed by atoms with E-state index >= 15 is 0 Å². The molecule has 3 heteroatoms. The molecule has 6 aromatic carbocycles. The van der Waals surface area contributed by atoms with Crippen LogP contribution < -0.4 is 15.5 Å². The number of allylic oxidation sites excluding steroid dienone is 18. The maximum absolute atomic E-state index is 6.74. The molecule has 14 rings (SSSR count). The smallest absolute Gasteiger partial charge is 0.118 e. The maximum Gasteiger partial charge on any atom is 0.118 e. The van der Waals surface area contributed by atoms with Crippen LogP contribution in [0.5, 0.6) is 0 Å². The zero-order valence-electron chi connectivity index (χ0n) is 53.7. The normalized spacial score (nSPS) is 22.7. The first kappa shape index (κ1) is 59.0. The molecule has 0 N–H and O–H groups in total. The van der Waals surface area contributed by atoms with Gasteiger partial charge in [0, 0.05) is 56.0 Å². The zero-order chi connectivity index (χ0) is 61.5. The first-order valence-corrected chi connectivity index (χ1v) is 33.7. The lowest BCUT2D eigenvalue weighted by Gasteiger charge is -2.37. The molecular weight excluding hydrogens is 1090 g/mol. The van der Waals surface area contributed by atoms with Gasteiger partial charge in [-0.15, -0.1) is 6.58 Å². The van der Waals surface area contributed by atoms with Crippen molar-refractivity contribution in [3.63, 3.8) is 0 Å². The summed E-state index contributed by atoms with van der Waals surface area (Å²) in [5.74, 6) is 3.02. The molecule has 0 amide bonds. The van der Waals surface area contributed by atoms with Crippen molar-refractivity contribution in [2.24, 2.45) is 29.1 Å². The molecule has 1 aromatic heterocycles. The van der Waals surface area contributed by atoms with Gasteiger partial charge in [0.1, 0.15) is 5.76 Å². The lowest BCUT2D eigenvalue weighted by atomic mass is 9.69. The Morgan fingerprint density at radius 1 is 0.689 bits per heavy atom. The highest BCUT2D eigenvalue weighted by Crippen LogP contribution is 2.57. The van der Waals surface area contributed by atoms with E-state index in [2.05, 4.69) is 282 Å². The Labute approximate surface area is 536 Å². The molecule has 90 heavy (non-hydrogen) atoms. The number of anilines is 1.